The van der Waals surface area contributed by atoms with E-state index in [1.165, 1.54) is 0 Å². The number of morpholine rings is 1. The Labute approximate surface area is 172 Å². The third kappa shape index (κ3) is 5.76. The van der Waals surface area contributed by atoms with E-state index in [1.807, 2.05) is 38.1 Å². The molecule has 3 rings (SSSR count). The predicted molar refractivity (Wildman–Crippen MR) is 113 cm³/mol. The van der Waals surface area contributed by atoms with Crippen LogP contribution in [0.1, 0.15) is 13.8 Å². The maximum absolute atomic E-state index is 12.9. The molecule has 1 aliphatic rings. The average molecular weight is 420 g/mol. The molecule has 7 nitrogen and oxygen atoms in total. The SMILES string of the molecule is CC(C)[C@@H](NS(=O)(=O)c1ccc2ccccc2c1)C(=O)NCCN1CCOCC1. The van der Waals surface area contributed by atoms with Crippen LogP contribution in [-0.4, -0.2) is 64.7 Å². The van der Waals surface area contributed by atoms with Crippen LogP contribution in [-0.2, 0) is 19.6 Å². The van der Waals surface area contributed by atoms with E-state index in [-0.39, 0.29) is 16.7 Å². The zero-order valence-corrected chi connectivity index (χ0v) is 17.7. The van der Waals surface area contributed by atoms with Crippen LogP contribution in [0.5, 0.6) is 0 Å². The Balaban J connectivity index is 1.65. The number of hydrogen-bond donors (Lipinski definition) is 2. The van der Waals surface area contributed by atoms with E-state index in [4.69, 9.17) is 4.74 Å². The van der Waals surface area contributed by atoms with Crippen LogP contribution < -0.4 is 10.0 Å². The van der Waals surface area contributed by atoms with Gasteiger partial charge in [-0.25, -0.2) is 8.42 Å². The molecule has 1 saturated heterocycles. The van der Waals surface area contributed by atoms with Gasteiger partial charge in [0.05, 0.1) is 18.1 Å². The maximum atomic E-state index is 12.9. The molecule has 0 unspecified atom stereocenters. The number of rotatable bonds is 8. The molecule has 0 aliphatic carbocycles. The van der Waals surface area contributed by atoms with Crippen molar-refractivity contribution in [3.8, 4) is 0 Å². The van der Waals surface area contributed by atoms with E-state index >= 15 is 0 Å². The maximum Gasteiger partial charge on any atom is 0.241 e. The fraction of sp³-hybridized carbons (Fsp3) is 0.476. The van der Waals surface area contributed by atoms with Crippen molar-refractivity contribution in [3.63, 3.8) is 0 Å². The molecule has 0 saturated carbocycles. The second-order valence-corrected chi connectivity index (χ2v) is 9.31. The second kappa shape index (κ2) is 9.67. The number of carbonyl (C=O) groups excluding carboxylic acids is 1. The van der Waals surface area contributed by atoms with E-state index in [9.17, 15) is 13.2 Å². The topological polar surface area (TPSA) is 87.7 Å². The highest BCUT2D eigenvalue weighted by atomic mass is 32.2. The summed E-state index contributed by atoms with van der Waals surface area (Å²) in [5.41, 5.74) is 0. The Kier molecular flexibility index (Phi) is 7.23. The molecule has 8 heteroatoms. The highest BCUT2D eigenvalue weighted by molar-refractivity contribution is 7.89. The summed E-state index contributed by atoms with van der Waals surface area (Å²) in [5, 5.41) is 4.67. The molecule has 29 heavy (non-hydrogen) atoms. The van der Waals surface area contributed by atoms with Crippen LogP contribution in [0.3, 0.4) is 0 Å². The number of benzene rings is 2. The summed E-state index contributed by atoms with van der Waals surface area (Å²) in [6.45, 7) is 7.94. The summed E-state index contributed by atoms with van der Waals surface area (Å²) in [4.78, 5) is 15.0. The van der Waals surface area contributed by atoms with Crippen molar-refractivity contribution in [3.05, 3.63) is 42.5 Å². The summed E-state index contributed by atoms with van der Waals surface area (Å²) in [5.74, 6) is -0.494. The number of nitrogens with one attached hydrogen (secondary N) is 2. The minimum atomic E-state index is -3.82. The van der Waals surface area contributed by atoms with E-state index in [0.717, 1.165) is 30.4 Å². The largest absolute Gasteiger partial charge is 0.379 e. The lowest BCUT2D eigenvalue weighted by atomic mass is 10.1. The van der Waals surface area contributed by atoms with Crippen LogP contribution in [0.4, 0.5) is 0 Å². The molecular formula is C21H29N3O4S. The zero-order valence-electron chi connectivity index (χ0n) is 16.9. The highest BCUT2D eigenvalue weighted by Gasteiger charge is 2.28. The Hall–Kier alpha value is -2.00. The molecule has 1 fully saturated rings. The van der Waals surface area contributed by atoms with Gasteiger partial charge in [0.1, 0.15) is 6.04 Å². The molecule has 1 atom stereocenters. The van der Waals surface area contributed by atoms with Gasteiger partial charge < -0.3 is 10.1 Å². The Morgan fingerprint density at radius 1 is 1.10 bits per heavy atom. The first kappa shape index (κ1) is 21.7. The average Bonchev–Trinajstić information content (AvgIpc) is 2.72. The number of hydrogen-bond acceptors (Lipinski definition) is 5. The number of ether oxygens (including phenoxy) is 1. The van der Waals surface area contributed by atoms with Gasteiger partial charge in [0.25, 0.3) is 0 Å². The van der Waals surface area contributed by atoms with Crippen molar-refractivity contribution in [2.45, 2.75) is 24.8 Å². The van der Waals surface area contributed by atoms with Crippen LogP contribution >= 0.6 is 0 Å². The standard InChI is InChI=1S/C21H29N3O4S/c1-16(2)20(21(25)22-9-10-24-11-13-28-14-12-24)23-29(26,27)19-8-7-17-5-3-4-6-18(17)15-19/h3-8,15-16,20,23H,9-14H2,1-2H3,(H,22,25)/t20-/m1/s1. The van der Waals surface area contributed by atoms with Crippen LogP contribution in [0.15, 0.2) is 47.4 Å². The van der Waals surface area contributed by atoms with Gasteiger partial charge in [-0.2, -0.15) is 4.72 Å². The van der Waals surface area contributed by atoms with E-state index < -0.39 is 16.1 Å². The fourth-order valence-electron chi connectivity index (χ4n) is 3.33. The Bertz CT molecular complexity index is 940. The number of nitrogens with zero attached hydrogens (tertiary/aromatic N) is 1. The molecule has 0 radical (unpaired) electrons. The lowest BCUT2D eigenvalue weighted by Gasteiger charge is -2.27. The van der Waals surface area contributed by atoms with Gasteiger partial charge in [0, 0.05) is 26.2 Å². The van der Waals surface area contributed by atoms with Gasteiger partial charge >= 0.3 is 0 Å². The third-order valence-corrected chi connectivity index (χ3v) is 6.53. The Morgan fingerprint density at radius 2 is 1.79 bits per heavy atom. The van der Waals surface area contributed by atoms with E-state index in [2.05, 4.69) is 14.9 Å². The first-order chi connectivity index (χ1) is 13.9. The number of carbonyl (C=O) groups is 1. The molecular weight excluding hydrogens is 390 g/mol. The molecule has 0 spiro atoms. The van der Waals surface area contributed by atoms with E-state index in [0.29, 0.717) is 19.8 Å². The first-order valence-corrected chi connectivity index (χ1v) is 11.4. The molecule has 1 amide bonds. The summed E-state index contributed by atoms with van der Waals surface area (Å²) < 4.78 is 33.7. The number of amides is 1. The van der Waals surface area contributed by atoms with Crippen molar-refractivity contribution in [2.75, 3.05) is 39.4 Å². The van der Waals surface area contributed by atoms with Gasteiger partial charge in [-0.1, -0.05) is 44.2 Å². The smallest absolute Gasteiger partial charge is 0.241 e. The monoisotopic (exact) mass is 419 g/mol. The lowest BCUT2D eigenvalue weighted by molar-refractivity contribution is -0.123. The zero-order chi connectivity index (χ0) is 20.9. The summed E-state index contributed by atoms with van der Waals surface area (Å²) >= 11 is 0. The van der Waals surface area contributed by atoms with Gasteiger partial charge in [0.15, 0.2) is 0 Å². The second-order valence-electron chi connectivity index (χ2n) is 7.60. The highest BCUT2D eigenvalue weighted by Crippen LogP contribution is 2.19. The lowest BCUT2D eigenvalue weighted by Crippen LogP contribution is -2.51. The van der Waals surface area contributed by atoms with Crippen molar-refractivity contribution < 1.29 is 17.9 Å². The Morgan fingerprint density at radius 3 is 2.48 bits per heavy atom. The normalized spacial score (nSPS) is 16.8. The van der Waals surface area contributed by atoms with Gasteiger partial charge in [0.2, 0.25) is 15.9 Å². The van der Waals surface area contributed by atoms with Crippen molar-refractivity contribution in [1.29, 1.82) is 0 Å². The molecule has 2 aromatic rings. The quantitative estimate of drug-likeness (QED) is 0.679. The van der Waals surface area contributed by atoms with Crippen molar-refractivity contribution in [2.24, 2.45) is 5.92 Å². The molecule has 0 bridgehead atoms. The summed E-state index contributed by atoms with van der Waals surface area (Å²) in [6.07, 6.45) is 0. The molecule has 1 heterocycles. The first-order valence-electron chi connectivity index (χ1n) is 9.96. The van der Waals surface area contributed by atoms with Crippen LogP contribution in [0, 0.1) is 5.92 Å². The van der Waals surface area contributed by atoms with E-state index in [1.54, 1.807) is 18.2 Å². The molecule has 1 aliphatic heterocycles. The molecule has 158 valence electrons. The number of fused-ring (bicyclic) bond motifs is 1. The van der Waals surface area contributed by atoms with Gasteiger partial charge in [-0.15, -0.1) is 0 Å². The third-order valence-electron chi connectivity index (χ3n) is 5.09. The van der Waals surface area contributed by atoms with Crippen LogP contribution in [0.2, 0.25) is 0 Å². The van der Waals surface area contributed by atoms with Crippen molar-refractivity contribution >= 4 is 26.7 Å². The fourth-order valence-corrected chi connectivity index (χ4v) is 4.71. The molecule has 0 aromatic heterocycles. The summed E-state index contributed by atoms with van der Waals surface area (Å²) in [6, 6.07) is 11.7. The van der Waals surface area contributed by atoms with Crippen LogP contribution in [0.25, 0.3) is 10.8 Å². The molecule has 2 aromatic carbocycles. The minimum Gasteiger partial charge on any atom is -0.379 e. The molecule has 2 N–H and O–H groups in total. The summed E-state index contributed by atoms with van der Waals surface area (Å²) in [7, 11) is -3.82. The van der Waals surface area contributed by atoms with Crippen molar-refractivity contribution in [1.82, 2.24) is 14.9 Å². The minimum absolute atomic E-state index is 0.156. The predicted octanol–water partition coefficient (Wildman–Crippen LogP) is 1.59. The number of sulfonamides is 1. The van der Waals surface area contributed by atoms with Gasteiger partial charge in [-0.3, -0.25) is 9.69 Å². The van der Waals surface area contributed by atoms with Gasteiger partial charge in [-0.05, 0) is 28.8 Å².